The molecule has 0 atom stereocenters. The number of rotatable bonds is 2. The minimum atomic E-state index is -0.741. The highest BCUT2D eigenvalue weighted by atomic mass is 32.2. The maximum atomic E-state index is 11.7. The number of likely N-dealkylation sites (N-methyl/N-ethyl adjacent to an activating group) is 1. The summed E-state index contributed by atoms with van der Waals surface area (Å²) in [7, 11) is 1.39. The fourth-order valence-electron chi connectivity index (χ4n) is 1.46. The Labute approximate surface area is 117 Å². The van der Waals surface area contributed by atoms with Crippen molar-refractivity contribution < 1.29 is 19.1 Å². The van der Waals surface area contributed by atoms with E-state index in [0.717, 1.165) is 28.4 Å². The summed E-state index contributed by atoms with van der Waals surface area (Å²) in [6, 6.07) is 1.76. The van der Waals surface area contributed by atoms with Crippen LogP contribution in [0.25, 0.3) is 0 Å². The van der Waals surface area contributed by atoms with E-state index in [-0.39, 0.29) is 22.0 Å². The molecule has 0 spiro atoms. The molecule has 2 heterocycles. The van der Waals surface area contributed by atoms with Crippen molar-refractivity contribution in [2.75, 3.05) is 13.7 Å². The van der Waals surface area contributed by atoms with E-state index in [2.05, 4.69) is 0 Å². The van der Waals surface area contributed by atoms with E-state index in [1.807, 2.05) is 0 Å². The summed E-state index contributed by atoms with van der Waals surface area (Å²) in [5.41, 5.74) is -0.172. The molecular formula is C11H8N2O4S2. The van der Waals surface area contributed by atoms with E-state index >= 15 is 0 Å². The van der Waals surface area contributed by atoms with Crippen molar-refractivity contribution in [1.82, 2.24) is 4.90 Å². The van der Waals surface area contributed by atoms with Gasteiger partial charge in [-0.3, -0.25) is 14.5 Å². The van der Waals surface area contributed by atoms with Gasteiger partial charge in [-0.25, -0.2) is 4.79 Å². The molecule has 2 aliphatic heterocycles. The summed E-state index contributed by atoms with van der Waals surface area (Å²) in [4.78, 5) is 36.6. The smallest absolute Gasteiger partial charge is 0.350 e. The SMILES string of the molecule is CCOC(=O)C(C#N)=C1SC2=C(S1)C(=O)N(C)C2=O. The normalized spacial score (nSPS) is 17.7. The minimum Gasteiger partial charge on any atom is -0.462 e. The number of nitriles is 1. The van der Waals surface area contributed by atoms with Crippen LogP contribution in [0.2, 0.25) is 0 Å². The molecule has 0 bridgehead atoms. The molecule has 6 nitrogen and oxygen atoms in total. The predicted octanol–water partition coefficient (Wildman–Crippen LogP) is 0.975. The van der Waals surface area contributed by atoms with Gasteiger partial charge in [-0.05, 0) is 6.92 Å². The number of hydrogen-bond donors (Lipinski definition) is 0. The Morgan fingerprint density at radius 3 is 2.26 bits per heavy atom. The molecule has 0 aromatic rings. The third-order valence-electron chi connectivity index (χ3n) is 2.39. The van der Waals surface area contributed by atoms with Crippen molar-refractivity contribution in [3.63, 3.8) is 0 Å². The van der Waals surface area contributed by atoms with Crippen LogP contribution in [0.4, 0.5) is 0 Å². The van der Waals surface area contributed by atoms with E-state index in [0.29, 0.717) is 4.24 Å². The number of carbonyl (C=O) groups excluding carboxylic acids is 3. The van der Waals surface area contributed by atoms with Gasteiger partial charge in [0.15, 0.2) is 5.57 Å². The molecule has 2 rings (SSSR count). The third kappa shape index (κ3) is 2.15. The van der Waals surface area contributed by atoms with Gasteiger partial charge in [0.2, 0.25) is 0 Å². The number of ether oxygens (including phenoxy) is 1. The lowest BCUT2D eigenvalue weighted by molar-refractivity contribution is -0.138. The van der Waals surface area contributed by atoms with Crippen molar-refractivity contribution in [3.05, 3.63) is 19.6 Å². The zero-order chi connectivity index (χ0) is 14.2. The van der Waals surface area contributed by atoms with Crippen molar-refractivity contribution in [1.29, 1.82) is 5.26 Å². The molecule has 0 saturated heterocycles. The van der Waals surface area contributed by atoms with Gasteiger partial charge in [-0.2, -0.15) is 5.26 Å². The number of thioether (sulfide) groups is 2. The van der Waals surface area contributed by atoms with Crippen molar-refractivity contribution >= 4 is 41.3 Å². The topological polar surface area (TPSA) is 87.5 Å². The Bertz CT molecular complexity index is 570. The summed E-state index contributed by atoms with van der Waals surface area (Å²) >= 11 is 1.94. The molecule has 0 fully saturated rings. The fourth-order valence-corrected chi connectivity index (χ4v) is 4.02. The largest absolute Gasteiger partial charge is 0.462 e. The highest BCUT2D eigenvalue weighted by Crippen LogP contribution is 2.53. The van der Waals surface area contributed by atoms with Crippen molar-refractivity contribution in [3.8, 4) is 6.07 Å². The molecule has 0 saturated carbocycles. The number of nitrogens with zero attached hydrogens (tertiary/aromatic N) is 2. The highest BCUT2D eigenvalue weighted by molar-refractivity contribution is 8.29. The van der Waals surface area contributed by atoms with Crippen LogP contribution in [0.1, 0.15) is 6.92 Å². The molecule has 0 N–H and O–H groups in total. The second-order valence-electron chi connectivity index (χ2n) is 3.53. The van der Waals surface area contributed by atoms with Crippen molar-refractivity contribution in [2.45, 2.75) is 6.92 Å². The fraction of sp³-hybridized carbons (Fsp3) is 0.273. The van der Waals surface area contributed by atoms with Crippen LogP contribution in [0.5, 0.6) is 0 Å². The Balaban J connectivity index is 2.31. The monoisotopic (exact) mass is 296 g/mol. The van der Waals surface area contributed by atoms with E-state index in [4.69, 9.17) is 10.00 Å². The van der Waals surface area contributed by atoms with Crippen LogP contribution in [-0.4, -0.2) is 36.3 Å². The first-order valence-electron chi connectivity index (χ1n) is 5.25. The third-order valence-corrected chi connectivity index (χ3v) is 4.96. The summed E-state index contributed by atoms with van der Waals surface area (Å²) in [6.07, 6.45) is 0. The first-order chi connectivity index (χ1) is 9.01. The molecule has 0 aromatic carbocycles. The van der Waals surface area contributed by atoms with Gasteiger partial charge in [0, 0.05) is 7.05 Å². The van der Waals surface area contributed by atoms with Gasteiger partial charge in [0.05, 0.1) is 20.7 Å². The average Bonchev–Trinajstić information content (AvgIpc) is 2.88. The number of hydrogen-bond acceptors (Lipinski definition) is 7. The molecule has 19 heavy (non-hydrogen) atoms. The van der Waals surface area contributed by atoms with Gasteiger partial charge in [-0.15, -0.1) is 0 Å². The molecule has 0 aliphatic carbocycles. The molecule has 0 aromatic heterocycles. The lowest BCUT2D eigenvalue weighted by Gasteiger charge is -2.09. The van der Waals surface area contributed by atoms with Crippen molar-refractivity contribution in [2.24, 2.45) is 0 Å². The average molecular weight is 296 g/mol. The van der Waals surface area contributed by atoms with Gasteiger partial charge in [0.25, 0.3) is 11.8 Å². The maximum Gasteiger partial charge on any atom is 0.350 e. The van der Waals surface area contributed by atoms with Crippen LogP contribution in [0.15, 0.2) is 19.6 Å². The molecule has 0 radical (unpaired) electrons. The summed E-state index contributed by atoms with van der Waals surface area (Å²) in [5, 5.41) is 9.00. The quantitative estimate of drug-likeness (QED) is 0.325. The Morgan fingerprint density at radius 1 is 1.32 bits per heavy atom. The zero-order valence-corrected chi connectivity index (χ0v) is 11.7. The maximum absolute atomic E-state index is 11.7. The predicted molar refractivity (Wildman–Crippen MR) is 69.3 cm³/mol. The van der Waals surface area contributed by atoms with Crippen LogP contribution >= 0.6 is 23.5 Å². The number of carbonyl (C=O) groups is 3. The van der Waals surface area contributed by atoms with Crippen LogP contribution in [-0.2, 0) is 19.1 Å². The van der Waals surface area contributed by atoms with Gasteiger partial charge in [0.1, 0.15) is 6.07 Å². The lowest BCUT2D eigenvalue weighted by atomic mass is 10.3. The number of imide groups is 1. The molecule has 0 unspecified atom stereocenters. The number of esters is 1. The van der Waals surface area contributed by atoms with Gasteiger partial charge >= 0.3 is 5.97 Å². The molecule has 98 valence electrons. The Morgan fingerprint density at radius 2 is 1.84 bits per heavy atom. The second kappa shape index (κ2) is 5.11. The van der Waals surface area contributed by atoms with Crippen LogP contribution < -0.4 is 0 Å². The van der Waals surface area contributed by atoms with Gasteiger partial charge < -0.3 is 4.74 Å². The lowest BCUT2D eigenvalue weighted by Crippen LogP contribution is -2.27. The molecule has 2 aliphatic rings. The van der Waals surface area contributed by atoms with E-state index in [1.165, 1.54) is 7.05 Å². The standard InChI is InChI=1S/C11H8N2O4S2/c1-3-17-10(16)5(4-12)11-18-6-7(19-11)9(15)13(2)8(6)14/h3H2,1-2H3. The zero-order valence-electron chi connectivity index (χ0n) is 10.1. The van der Waals surface area contributed by atoms with Crippen LogP contribution in [0, 0.1) is 11.3 Å². The highest BCUT2D eigenvalue weighted by Gasteiger charge is 2.43. The summed E-state index contributed by atoms with van der Waals surface area (Å²) in [5.74, 6) is -1.56. The van der Waals surface area contributed by atoms with E-state index in [1.54, 1.807) is 13.0 Å². The first kappa shape index (κ1) is 13.7. The second-order valence-corrected chi connectivity index (χ2v) is 5.83. The Hall–Kier alpha value is -1.72. The summed E-state index contributed by atoms with van der Waals surface area (Å²) in [6.45, 7) is 1.78. The van der Waals surface area contributed by atoms with Crippen LogP contribution in [0.3, 0.4) is 0 Å². The summed E-state index contributed by atoms with van der Waals surface area (Å²) < 4.78 is 5.08. The molecule has 2 amide bonds. The van der Waals surface area contributed by atoms with Gasteiger partial charge in [-0.1, -0.05) is 23.5 Å². The van der Waals surface area contributed by atoms with E-state index in [9.17, 15) is 14.4 Å². The minimum absolute atomic E-state index is 0.153. The molecule has 8 heteroatoms. The number of amides is 2. The first-order valence-corrected chi connectivity index (χ1v) is 6.88. The van der Waals surface area contributed by atoms with E-state index < -0.39 is 17.8 Å². The Kier molecular flexibility index (Phi) is 3.68. The molecular weight excluding hydrogens is 288 g/mol.